The molecule has 1 aromatic heterocycles. The third-order valence-corrected chi connectivity index (χ3v) is 2.71. The van der Waals surface area contributed by atoms with Gasteiger partial charge in [0.05, 0.1) is 6.54 Å². The Bertz CT molecular complexity index is 540. The van der Waals surface area contributed by atoms with Gasteiger partial charge in [0.25, 0.3) is 0 Å². The number of nitrogens with zero attached hydrogens (tertiary/aromatic N) is 3. The molecule has 0 amide bonds. The summed E-state index contributed by atoms with van der Waals surface area (Å²) in [7, 11) is -1.45. The molecule has 0 atom stereocenters. The lowest BCUT2D eigenvalue weighted by Gasteiger charge is -2.07. The molecule has 1 heterocycles. The predicted octanol–water partition coefficient (Wildman–Crippen LogP) is -0.346. The standard InChI is InChI=1S/C12H16BN3O3/c1-9-14-10(2)16(15-9)7-8-19-12-5-3-11(4-6-12)13(17)18/h3-6,17-18H,7-8H2,1-2H3. The minimum absolute atomic E-state index is 0.440. The van der Waals surface area contributed by atoms with Gasteiger partial charge in [-0.15, -0.1) is 0 Å². The first-order chi connectivity index (χ1) is 9.06. The van der Waals surface area contributed by atoms with Gasteiger partial charge in [-0.2, -0.15) is 5.10 Å². The maximum atomic E-state index is 8.97. The molecular weight excluding hydrogens is 245 g/mol. The lowest BCUT2D eigenvalue weighted by atomic mass is 9.80. The van der Waals surface area contributed by atoms with Crippen LogP contribution in [0.15, 0.2) is 24.3 Å². The van der Waals surface area contributed by atoms with Crippen LogP contribution >= 0.6 is 0 Å². The van der Waals surface area contributed by atoms with Crippen molar-refractivity contribution in [3.8, 4) is 5.75 Å². The van der Waals surface area contributed by atoms with Crippen LogP contribution in [0.5, 0.6) is 5.75 Å². The van der Waals surface area contributed by atoms with Gasteiger partial charge >= 0.3 is 7.12 Å². The van der Waals surface area contributed by atoms with Gasteiger partial charge in [0.15, 0.2) is 0 Å². The fraction of sp³-hybridized carbons (Fsp3) is 0.333. The first-order valence-corrected chi connectivity index (χ1v) is 6.03. The molecule has 19 heavy (non-hydrogen) atoms. The van der Waals surface area contributed by atoms with Gasteiger partial charge < -0.3 is 14.8 Å². The highest BCUT2D eigenvalue weighted by molar-refractivity contribution is 6.58. The Morgan fingerprint density at radius 1 is 1.21 bits per heavy atom. The summed E-state index contributed by atoms with van der Waals surface area (Å²) in [6.45, 7) is 4.85. The SMILES string of the molecule is Cc1nc(C)n(CCOc2ccc(B(O)O)cc2)n1. The molecular formula is C12H16BN3O3. The fourth-order valence-electron chi connectivity index (χ4n) is 1.76. The third kappa shape index (κ3) is 3.55. The molecule has 0 radical (unpaired) electrons. The van der Waals surface area contributed by atoms with E-state index in [0.29, 0.717) is 24.4 Å². The summed E-state index contributed by atoms with van der Waals surface area (Å²) < 4.78 is 7.35. The van der Waals surface area contributed by atoms with Crippen molar-refractivity contribution in [1.29, 1.82) is 0 Å². The van der Waals surface area contributed by atoms with E-state index in [-0.39, 0.29) is 0 Å². The van der Waals surface area contributed by atoms with Crippen molar-refractivity contribution in [3.63, 3.8) is 0 Å². The summed E-state index contributed by atoms with van der Waals surface area (Å²) in [5, 5.41) is 22.2. The Hall–Kier alpha value is -1.86. The van der Waals surface area contributed by atoms with Gasteiger partial charge in [-0.25, -0.2) is 9.67 Å². The van der Waals surface area contributed by atoms with E-state index < -0.39 is 7.12 Å². The van der Waals surface area contributed by atoms with Crippen LogP contribution in [0.1, 0.15) is 11.6 Å². The van der Waals surface area contributed by atoms with Crippen molar-refractivity contribution in [3.05, 3.63) is 35.9 Å². The second-order valence-electron chi connectivity index (χ2n) is 4.22. The number of rotatable bonds is 5. The van der Waals surface area contributed by atoms with Crippen molar-refractivity contribution in [1.82, 2.24) is 14.8 Å². The quantitative estimate of drug-likeness (QED) is 0.719. The monoisotopic (exact) mass is 261 g/mol. The molecule has 0 unspecified atom stereocenters. The van der Waals surface area contributed by atoms with Crippen LogP contribution in [0.3, 0.4) is 0 Å². The number of hydrogen-bond acceptors (Lipinski definition) is 5. The third-order valence-electron chi connectivity index (χ3n) is 2.71. The Balaban J connectivity index is 1.87. The van der Waals surface area contributed by atoms with Gasteiger partial charge in [-0.1, -0.05) is 12.1 Å². The first kappa shape index (κ1) is 13.6. The van der Waals surface area contributed by atoms with E-state index in [0.717, 1.165) is 11.6 Å². The van der Waals surface area contributed by atoms with Gasteiger partial charge in [0.1, 0.15) is 24.0 Å². The molecule has 6 nitrogen and oxygen atoms in total. The molecule has 0 spiro atoms. The highest BCUT2D eigenvalue weighted by Gasteiger charge is 2.09. The molecule has 2 aromatic rings. The second-order valence-corrected chi connectivity index (χ2v) is 4.22. The van der Waals surface area contributed by atoms with E-state index >= 15 is 0 Å². The molecule has 2 rings (SSSR count). The number of benzene rings is 1. The lowest BCUT2D eigenvalue weighted by Crippen LogP contribution is -2.29. The molecule has 7 heteroatoms. The fourth-order valence-corrected chi connectivity index (χ4v) is 1.76. The van der Waals surface area contributed by atoms with E-state index in [1.165, 1.54) is 0 Å². The van der Waals surface area contributed by atoms with Crippen molar-refractivity contribution >= 4 is 12.6 Å². The normalized spacial score (nSPS) is 10.5. The van der Waals surface area contributed by atoms with Gasteiger partial charge in [0.2, 0.25) is 0 Å². The summed E-state index contributed by atoms with van der Waals surface area (Å²) in [6, 6.07) is 6.64. The minimum atomic E-state index is -1.45. The number of aryl methyl sites for hydroxylation is 2. The van der Waals surface area contributed by atoms with Crippen molar-refractivity contribution < 1.29 is 14.8 Å². The van der Waals surface area contributed by atoms with Crippen LogP contribution in [0.25, 0.3) is 0 Å². The molecule has 0 bridgehead atoms. The molecule has 0 aliphatic carbocycles. The second kappa shape index (κ2) is 5.86. The molecule has 2 N–H and O–H groups in total. The van der Waals surface area contributed by atoms with Crippen molar-refractivity contribution in [2.24, 2.45) is 0 Å². The maximum absolute atomic E-state index is 8.97. The Morgan fingerprint density at radius 2 is 1.89 bits per heavy atom. The average Bonchev–Trinajstić information content (AvgIpc) is 2.68. The Labute approximate surface area is 111 Å². The summed E-state index contributed by atoms with van der Waals surface area (Å²) in [4.78, 5) is 4.21. The molecule has 0 saturated heterocycles. The van der Waals surface area contributed by atoms with E-state index in [1.54, 1.807) is 28.9 Å². The van der Waals surface area contributed by atoms with Crippen LogP contribution in [-0.2, 0) is 6.54 Å². The largest absolute Gasteiger partial charge is 0.492 e. The van der Waals surface area contributed by atoms with Crippen LogP contribution in [0.2, 0.25) is 0 Å². The van der Waals surface area contributed by atoms with E-state index in [1.807, 2.05) is 13.8 Å². The minimum Gasteiger partial charge on any atom is -0.492 e. The Kier molecular flexibility index (Phi) is 4.18. The highest BCUT2D eigenvalue weighted by atomic mass is 16.5. The van der Waals surface area contributed by atoms with E-state index in [2.05, 4.69) is 10.1 Å². The summed E-state index contributed by atoms with van der Waals surface area (Å²) >= 11 is 0. The van der Waals surface area contributed by atoms with Crippen LogP contribution in [-0.4, -0.2) is 38.5 Å². The number of aromatic nitrogens is 3. The number of ether oxygens (including phenoxy) is 1. The predicted molar refractivity (Wildman–Crippen MR) is 71.3 cm³/mol. The topological polar surface area (TPSA) is 80.4 Å². The first-order valence-electron chi connectivity index (χ1n) is 6.03. The average molecular weight is 261 g/mol. The van der Waals surface area contributed by atoms with Gasteiger partial charge in [0, 0.05) is 0 Å². The van der Waals surface area contributed by atoms with E-state index in [4.69, 9.17) is 14.8 Å². The van der Waals surface area contributed by atoms with E-state index in [9.17, 15) is 0 Å². The molecule has 0 saturated carbocycles. The molecule has 0 aliphatic rings. The summed E-state index contributed by atoms with van der Waals surface area (Å²) in [6.07, 6.45) is 0. The van der Waals surface area contributed by atoms with Crippen molar-refractivity contribution in [2.45, 2.75) is 20.4 Å². The zero-order chi connectivity index (χ0) is 13.8. The lowest BCUT2D eigenvalue weighted by molar-refractivity contribution is 0.289. The molecule has 100 valence electrons. The van der Waals surface area contributed by atoms with Gasteiger partial charge in [-0.3, -0.25) is 0 Å². The zero-order valence-electron chi connectivity index (χ0n) is 10.9. The maximum Gasteiger partial charge on any atom is 0.488 e. The molecule has 0 aliphatic heterocycles. The number of hydrogen-bond donors (Lipinski definition) is 2. The summed E-state index contributed by atoms with van der Waals surface area (Å²) in [5.74, 6) is 2.29. The molecule has 0 fully saturated rings. The van der Waals surface area contributed by atoms with Crippen molar-refractivity contribution in [2.75, 3.05) is 6.61 Å². The van der Waals surface area contributed by atoms with Crippen LogP contribution in [0.4, 0.5) is 0 Å². The highest BCUT2D eigenvalue weighted by Crippen LogP contribution is 2.08. The Morgan fingerprint density at radius 3 is 2.42 bits per heavy atom. The van der Waals surface area contributed by atoms with Crippen LogP contribution in [0, 0.1) is 13.8 Å². The summed E-state index contributed by atoms with van der Waals surface area (Å²) in [5.41, 5.74) is 0.440. The van der Waals surface area contributed by atoms with Gasteiger partial charge in [-0.05, 0) is 31.4 Å². The smallest absolute Gasteiger partial charge is 0.488 e. The molecule has 1 aromatic carbocycles. The zero-order valence-corrected chi connectivity index (χ0v) is 10.9. The van der Waals surface area contributed by atoms with Crippen LogP contribution < -0.4 is 10.2 Å².